The predicted octanol–water partition coefficient (Wildman–Crippen LogP) is 6.75. The Morgan fingerprint density at radius 1 is 0.837 bits per heavy atom. The van der Waals surface area contributed by atoms with E-state index in [0.29, 0.717) is 50.5 Å². The summed E-state index contributed by atoms with van der Waals surface area (Å²) in [6.45, 7) is 16.4. The number of hydrogen-bond donors (Lipinski definition) is 4. The molecule has 0 spiro atoms. The smallest absolute Gasteiger partial charge is 0.407 e. The van der Waals surface area contributed by atoms with Crippen LogP contribution >= 0.6 is 0 Å². The summed E-state index contributed by atoms with van der Waals surface area (Å²) in [4.78, 5) is 38.5. The summed E-state index contributed by atoms with van der Waals surface area (Å²) in [7, 11) is 0. The Balaban J connectivity index is 1.19. The monoisotopic (exact) mass is 687 g/mol. The normalized spacial score (nSPS) is 42.8. The second-order valence-electron chi connectivity index (χ2n) is 18.4. The molecule has 0 aliphatic heterocycles. The fourth-order valence-electron chi connectivity index (χ4n) is 13.2. The van der Waals surface area contributed by atoms with E-state index in [4.69, 9.17) is 19.9 Å². The van der Waals surface area contributed by atoms with Gasteiger partial charge in [-0.15, -0.1) is 0 Å². The molecule has 0 radical (unpaired) electrons. The number of carboxylic acid groups (broad SMARTS) is 1. The molecular formula is C39H65N3O7. The average molecular weight is 688 g/mol. The van der Waals surface area contributed by atoms with Gasteiger partial charge in [0.25, 0.3) is 0 Å². The summed E-state index contributed by atoms with van der Waals surface area (Å²) in [6.07, 6.45) is 10.9. The summed E-state index contributed by atoms with van der Waals surface area (Å²) in [5.41, 5.74) is 4.90. The molecule has 0 aromatic heterocycles. The number of alkyl carbamates (subject to hydrolysis) is 2. The van der Waals surface area contributed by atoms with Gasteiger partial charge in [0.1, 0.15) is 6.10 Å². The van der Waals surface area contributed by atoms with Crippen molar-refractivity contribution in [3.8, 4) is 0 Å². The highest BCUT2D eigenvalue weighted by Gasteiger charge is 2.72. The van der Waals surface area contributed by atoms with Gasteiger partial charge in [-0.3, -0.25) is 4.79 Å². The predicted molar refractivity (Wildman–Crippen MR) is 187 cm³/mol. The van der Waals surface area contributed by atoms with Gasteiger partial charge in [0.15, 0.2) is 0 Å². The first-order chi connectivity index (χ1) is 23.1. The highest BCUT2D eigenvalue weighted by molar-refractivity contribution is 5.76. The maximum atomic E-state index is 13.3. The fraction of sp³-hybridized carbons (Fsp3) is 0.923. The van der Waals surface area contributed by atoms with Crippen molar-refractivity contribution >= 4 is 18.2 Å². The zero-order chi connectivity index (χ0) is 35.4. The fourth-order valence-corrected chi connectivity index (χ4v) is 13.2. The van der Waals surface area contributed by atoms with Gasteiger partial charge in [-0.05, 0) is 129 Å². The Labute approximate surface area is 294 Å². The molecule has 49 heavy (non-hydrogen) atoms. The topological polar surface area (TPSA) is 149 Å². The van der Waals surface area contributed by atoms with Crippen LogP contribution in [0.3, 0.4) is 0 Å². The summed E-state index contributed by atoms with van der Waals surface area (Å²) < 4.78 is 17.2. The molecule has 6 saturated carbocycles. The molecule has 0 aromatic rings. The van der Waals surface area contributed by atoms with E-state index in [0.717, 1.165) is 70.6 Å². The Kier molecular flexibility index (Phi) is 10.1. The number of amides is 2. The highest BCUT2D eigenvalue weighted by atomic mass is 16.6. The number of nitrogens with one attached hydrogen (secondary N) is 2. The molecule has 10 nitrogen and oxygen atoms in total. The molecule has 6 fully saturated rings. The lowest BCUT2D eigenvalue weighted by atomic mass is 9.32. The van der Waals surface area contributed by atoms with Gasteiger partial charge in [0, 0.05) is 24.5 Å². The number of nitrogens with two attached hydrogens (primary N) is 1. The van der Waals surface area contributed by atoms with E-state index in [2.05, 4.69) is 52.2 Å². The lowest BCUT2D eigenvalue weighted by molar-refractivity contribution is -0.249. The van der Waals surface area contributed by atoms with Gasteiger partial charge < -0.3 is 35.7 Å². The highest BCUT2D eigenvalue weighted by Crippen LogP contribution is 2.77. The SMILES string of the molecule is CC(COC(=O)NCCOCCN)[C@@H]1CC[C@]2(C(=O)O)CC[C@]3(C)C(CCC4[C@@]5(C)CC[C@@H](OC(=O)NC6CC6)C(C)(C)C5CC[C@]43C)C12. The third-order valence-corrected chi connectivity index (χ3v) is 16.0. The minimum Gasteiger partial charge on any atom is -0.481 e. The zero-order valence-electron chi connectivity index (χ0n) is 31.1. The third-order valence-electron chi connectivity index (χ3n) is 16.0. The number of aliphatic carboxylic acids is 1. The van der Waals surface area contributed by atoms with Crippen molar-refractivity contribution in [2.45, 2.75) is 131 Å². The lowest BCUT2D eigenvalue weighted by Crippen LogP contribution is -2.67. The maximum absolute atomic E-state index is 13.3. The standard InChI is InChI=1S/C39H65N3O7/c1-24(23-48-33(45)41-20-22-47-21-19-40)26-11-16-39(32(43)44)18-17-37(5)27(31(26)39)9-10-29-36(4)14-13-30(49-34(46)42-25-7-8-25)35(2,3)28(36)12-15-38(29,37)6/h24-31H,7-23,40H2,1-6H3,(H,41,45)(H,42,46)(H,43,44)/t24?,26-,27?,28?,29?,30+,31?,36-,37+,38+,39-/m0/s1. The van der Waals surface area contributed by atoms with Gasteiger partial charge >= 0.3 is 18.2 Å². The third kappa shape index (κ3) is 6.16. The Morgan fingerprint density at radius 3 is 2.29 bits per heavy atom. The Bertz CT molecular complexity index is 1260. The summed E-state index contributed by atoms with van der Waals surface area (Å²) in [5.74, 6) is 1.03. The molecule has 5 N–H and O–H groups in total. The van der Waals surface area contributed by atoms with E-state index in [1.807, 2.05) is 0 Å². The number of carbonyl (C=O) groups is 3. The molecule has 2 amide bonds. The van der Waals surface area contributed by atoms with E-state index in [9.17, 15) is 19.5 Å². The minimum absolute atomic E-state index is 0.0270. The van der Waals surface area contributed by atoms with Crippen molar-refractivity contribution in [3.05, 3.63) is 0 Å². The molecule has 0 bridgehead atoms. The molecule has 0 aromatic carbocycles. The van der Waals surface area contributed by atoms with E-state index in [1.54, 1.807) is 0 Å². The van der Waals surface area contributed by atoms with E-state index >= 15 is 0 Å². The molecule has 278 valence electrons. The Morgan fingerprint density at radius 2 is 1.59 bits per heavy atom. The molecule has 10 heteroatoms. The first-order valence-corrected chi connectivity index (χ1v) is 19.5. The van der Waals surface area contributed by atoms with Crippen molar-refractivity contribution in [1.29, 1.82) is 0 Å². The molecule has 6 aliphatic rings. The Hall–Kier alpha value is -2.07. The van der Waals surface area contributed by atoms with Crippen LogP contribution in [0, 0.1) is 62.6 Å². The van der Waals surface area contributed by atoms with Crippen LogP contribution in [0.1, 0.15) is 119 Å². The van der Waals surface area contributed by atoms with Crippen LogP contribution in [-0.4, -0.2) is 68.3 Å². The lowest BCUT2D eigenvalue weighted by Gasteiger charge is -2.72. The molecule has 0 saturated heterocycles. The largest absolute Gasteiger partial charge is 0.481 e. The van der Waals surface area contributed by atoms with E-state index in [-0.39, 0.29) is 64.3 Å². The van der Waals surface area contributed by atoms with Crippen LogP contribution in [0.5, 0.6) is 0 Å². The van der Waals surface area contributed by atoms with Crippen LogP contribution in [0.2, 0.25) is 0 Å². The van der Waals surface area contributed by atoms with Gasteiger partial charge in [-0.25, -0.2) is 9.59 Å². The number of rotatable bonds is 11. The number of fused-ring (bicyclic) bond motifs is 7. The number of ether oxygens (including phenoxy) is 3. The molecule has 0 heterocycles. The molecule has 11 atom stereocenters. The van der Waals surface area contributed by atoms with Crippen LogP contribution in [0.25, 0.3) is 0 Å². The van der Waals surface area contributed by atoms with Crippen LogP contribution < -0.4 is 16.4 Å². The number of carboxylic acids is 1. The van der Waals surface area contributed by atoms with Crippen molar-refractivity contribution < 1.29 is 33.7 Å². The number of hydrogen-bond acceptors (Lipinski definition) is 7. The van der Waals surface area contributed by atoms with E-state index < -0.39 is 17.5 Å². The zero-order valence-corrected chi connectivity index (χ0v) is 31.1. The molecule has 6 aliphatic carbocycles. The maximum Gasteiger partial charge on any atom is 0.407 e. The molecule has 5 unspecified atom stereocenters. The first kappa shape index (κ1) is 36.7. The summed E-state index contributed by atoms with van der Waals surface area (Å²) in [5, 5.41) is 16.7. The van der Waals surface area contributed by atoms with Crippen LogP contribution in [0.4, 0.5) is 9.59 Å². The van der Waals surface area contributed by atoms with E-state index in [1.165, 1.54) is 0 Å². The van der Waals surface area contributed by atoms with Crippen molar-refractivity contribution in [2.24, 2.45) is 68.3 Å². The first-order valence-electron chi connectivity index (χ1n) is 19.5. The van der Waals surface area contributed by atoms with Crippen LogP contribution in [-0.2, 0) is 19.0 Å². The second kappa shape index (κ2) is 13.5. The second-order valence-corrected chi connectivity index (χ2v) is 18.4. The van der Waals surface area contributed by atoms with Crippen molar-refractivity contribution in [2.75, 3.05) is 32.9 Å². The minimum atomic E-state index is -0.700. The summed E-state index contributed by atoms with van der Waals surface area (Å²) in [6, 6.07) is 0.290. The molecular weight excluding hydrogens is 622 g/mol. The van der Waals surface area contributed by atoms with Crippen LogP contribution in [0.15, 0.2) is 0 Å². The molecule has 6 rings (SSSR count). The quantitative estimate of drug-likeness (QED) is 0.174. The van der Waals surface area contributed by atoms with Gasteiger partial charge in [0.05, 0.1) is 25.2 Å². The van der Waals surface area contributed by atoms with Gasteiger partial charge in [-0.2, -0.15) is 0 Å². The van der Waals surface area contributed by atoms with Gasteiger partial charge in [0.2, 0.25) is 0 Å². The summed E-state index contributed by atoms with van der Waals surface area (Å²) >= 11 is 0. The van der Waals surface area contributed by atoms with Crippen molar-refractivity contribution in [3.63, 3.8) is 0 Å². The van der Waals surface area contributed by atoms with Crippen molar-refractivity contribution in [1.82, 2.24) is 10.6 Å². The average Bonchev–Trinajstić information content (AvgIpc) is 3.76. The number of carbonyl (C=O) groups excluding carboxylic acids is 2. The van der Waals surface area contributed by atoms with Gasteiger partial charge in [-0.1, -0.05) is 41.5 Å².